The Labute approximate surface area is 172 Å². The summed E-state index contributed by atoms with van der Waals surface area (Å²) < 4.78 is 61.7. The van der Waals surface area contributed by atoms with Crippen LogP contribution >= 0.6 is 0 Å². The van der Waals surface area contributed by atoms with E-state index < -0.39 is 41.2 Å². The second-order valence-corrected chi connectivity index (χ2v) is 10.4. The van der Waals surface area contributed by atoms with Crippen molar-refractivity contribution in [2.75, 3.05) is 19.5 Å². The van der Waals surface area contributed by atoms with E-state index in [4.69, 9.17) is 9.47 Å². The Balaban J connectivity index is 2.03. The minimum Gasteiger partial charge on any atom is -0.443 e. The SMILES string of the molecule is CC(C)C1CCC(OC[C@@H]2[C@H](NS(C)(=O)=O)C[C@H](C)N2C(=O)OCC(F)F)CC1. The van der Waals surface area contributed by atoms with Crippen LogP contribution in [0.4, 0.5) is 13.6 Å². The Bertz CT molecular complexity index is 639. The highest BCUT2D eigenvalue weighted by Gasteiger charge is 2.44. The molecule has 1 heterocycles. The number of rotatable bonds is 8. The topological polar surface area (TPSA) is 84.9 Å². The van der Waals surface area contributed by atoms with Crippen LogP contribution in [0.25, 0.3) is 0 Å². The summed E-state index contributed by atoms with van der Waals surface area (Å²) in [6.45, 7) is 5.33. The van der Waals surface area contributed by atoms with E-state index in [-0.39, 0.29) is 18.8 Å². The molecule has 170 valence electrons. The summed E-state index contributed by atoms with van der Waals surface area (Å²) in [6.07, 6.45) is 1.85. The lowest BCUT2D eigenvalue weighted by atomic mass is 9.80. The van der Waals surface area contributed by atoms with Gasteiger partial charge in [-0.3, -0.25) is 4.90 Å². The highest BCUT2D eigenvalue weighted by atomic mass is 32.2. The van der Waals surface area contributed by atoms with Gasteiger partial charge in [0.1, 0.15) is 0 Å². The average Bonchev–Trinajstić information content (AvgIpc) is 2.91. The number of carbonyl (C=O) groups excluding carboxylic acids is 1. The Morgan fingerprint density at radius 3 is 2.34 bits per heavy atom. The molecule has 1 aliphatic heterocycles. The summed E-state index contributed by atoms with van der Waals surface area (Å²) in [5.74, 6) is 1.32. The van der Waals surface area contributed by atoms with Gasteiger partial charge in [0.15, 0.2) is 6.61 Å². The molecular weight excluding hydrogens is 406 g/mol. The highest BCUT2D eigenvalue weighted by Crippen LogP contribution is 2.32. The minimum atomic E-state index is -3.50. The number of hydrogen-bond acceptors (Lipinski definition) is 5. The van der Waals surface area contributed by atoms with E-state index in [9.17, 15) is 22.0 Å². The standard InChI is InChI=1S/C19H34F2N2O5S/c1-12(2)14-5-7-15(8-6-14)27-10-17-16(22-29(4,25)26)9-13(3)23(17)19(24)28-11-18(20)21/h12-18,22H,5-11H2,1-4H3/t13-,14?,15?,16+,17+/m0/s1. The zero-order valence-corrected chi connectivity index (χ0v) is 18.5. The van der Waals surface area contributed by atoms with Crippen LogP contribution in [0.15, 0.2) is 0 Å². The van der Waals surface area contributed by atoms with Crippen molar-refractivity contribution in [1.82, 2.24) is 9.62 Å². The fraction of sp³-hybridized carbons (Fsp3) is 0.947. The van der Waals surface area contributed by atoms with Crippen molar-refractivity contribution >= 4 is 16.1 Å². The summed E-state index contributed by atoms with van der Waals surface area (Å²) in [7, 11) is -3.50. The molecule has 0 aromatic rings. The molecule has 2 fully saturated rings. The smallest absolute Gasteiger partial charge is 0.410 e. The molecule has 0 bridgehead atoms. The van der Waals surface area contributed by atoms with Gasteiger partial charge in [0.25, 0.3) is 6.43 Å². The lowest BCUT2D eigenvalue weighted by Gasteiger charge is -2.34. The van der Waals surface area contributed by atoms with E-state index in [1.54, 1.807) is 6.92 Å². The van der Waals surface area contributed by atoms with Crippen LogP contribution < -0.4 is 4.72 Å². The third-order valence-electron chi connectivity index (χ3n) is 5.97. The molecule has 1 aliphatic carbocycles. The van der Waals surface area contributed by atoms with Gasteiger partial charge in [-0.1, -0.05) is 13.8 Å². The van der Waals surface area contributed by atoms with Crippen LogP contribution in [0.3, 0.4) is 0 Å². The number of ether oxygens (including phenoxy) is 2. The first-order valence-electron chi connectivity index (χ1n) is 10.3. The zero-order chi connectivity index (χ0) is 21.8. The normalized spacial score (nSPS) is 30.9. The number of nitrogens with zero attached hydrogens (tertiary/aromatic N) is 1. The molecule has 0 radical (unpaired) electrons. The summed E-state index contributed by atoms with van der Waals surface area (Å²) in [5, 5.41) is 0. The maximum atomic E-state index is 12.4. The quantitative estimate of drug-likeness (QED) is 0.627. The first-order valence-corrected chi connectivity index (χ1v) is 12.2. The van der Waals surface area contributed by atoms with Crippen molar-refractivity contribution in [3.8, 4) is 0 Å². The van der Waals surface area contributed by atoms with Crippen molar-refractivity contribution in [2.24, 2.45) is 11.8 Å². The Kier molecular flexibility index (Phi) is 8.66. The number of hydrogen-bond donors (Lipinski definition) is 1. The fourth-order valence-corrected chi connectivity index (χ4v) is 5.24. The molecule has 0 aromatic heterocycles. The predicted octanol–water partition coefficient (Wildman–Crippen LogP) is 3.00. The summed E-state index contributed by atoms with van der Waals surface area (Å²) >= 11 is 0. The molecule has 10 heteroatoms. The van der Waals surface area contributed by atoms with Crippen molar-refractivity contribution in [3.05, 3.63) is 0 Å². The molecule has 1 N–H and O–H groups in total. The third kappa shape index (κ3) is 7.32. The van der Waals surface area contributed by atoms with Gasteiger partial charge in [0, 0.05) is 12.1 Å². The molecule has 1 saturated carbocycles. The van der Waals surface area contributed by atoms with Gasteiger partial charge in [-0.25, -0.2) is 26.7 Å². The molecule has 3 atom stereocenters. The van der Waals surface area contributed by atoms with Crippen LogP contribution in [-0.4, -0.2) is 69.5 Å². The number of halogens is 2. The first kappa shape index (κ1) is 24.3. The van der Waals surface area contributed by atoms with Crippen LogP contribution in [0.2, 0.25) is 0 Å². The molecule has 29 heavy (non-hydrogen) atoms. The van der Waals surface area contributed by atoms with Crippen LogP contribution in [0.1, 0.15) is 52.9 Å². The molecular formula is C19H34F2N2O5S. The number of nitrogens with one attached hydrogen (secondary N) is 1. The molecule has 0 spiro atoms. The first-order chi connectivity index (χ1) is 13.5. The lowest BCUT2D eigenvalue weighted by molar-refractivity contribution is -0.0225. The van der Waals surface area contributed by atoms with Crippen LogP contribution in [0.5, 0.6) is 0 Å². The third-order valence-corrected chi connectivity index (χ3v) is 6.70. The second kappa shape index (κ2) is 10.3. The predicted molar refractivity (Wildman–Crippen MR) is 105 cm³/mol. The van der Waals surface area contributed by atoms with Crippen molar-refractivity contribution < 1.29 is 31.5 Å². The van der Waals surface area contributed by atoms with Gasteiger partial charge < -0.3 is 9.47 Å². The molecule has 2 rings (SSSR count). The van der Waals surface area contributed by atoms with Gasteiger partial charge in [-0.15, -0.1) is 0 Å². The number of alkyl halides is 2. The molecule has 1 amide bonds. The largest absolute Gasteiger partial charge is 0.443 e. The van der Waals surface area contributed by atoms with E-state index in [2.05, 4.69) is 18.6 Å². The van der Waals surface area contributed by atoms with E-state index >= 15 is 0 Å². The number of carbonyl (C=O) groups is 1. The van der Waals surface area contributed by atoms with Gasteiger partial charge in [0.2, 0.25) is 10.0 Å². The number of amides is 1. The van der Waals surface area contributed by atoms with E-state index in [1.165, 1.54) is 4.90 Å². The van der Waals surface area contributed by atoms with Gasteiger partial charge in [0.05, 0.1) is 25.0 Å². The average molecular weight is 441 g/mol. The zero-order valence-electron chi connectivity index (χ0n) is 17.6. The van der Waals surface area contributed by atoms with Crippen LogP contribution in [-0.2, 0) is 19.5 Å². The highest BCUT2D eigenvalue weighted by molar-refractivity contribution is 7.88. The molecule has 2 aliphatic rings. The minimum absolute atomic E-state index is 0.0544. The van der Waals surface area contributed by atoms with Crippen molar-refractivity contribution in [3.63, 3.8) is 0 Å². The fourth-order valence-electron chi connectivity index (χ4n) is 4.44. The Hall–Kier alpha value is -1.00. The molecule has 0 unspecified atom stereocenters. The van der Waals surface area contributed by atoms with Crippen LogP contribution in [0, 0.1) is 11.8 Å². The summed E-state index contributed by atoms with van der Waals surface area (Å²) in [5.41, 5.74) is 0. The van der Waals surface area contributed by atoms with E-state index in [0.717, 1.165) is 31.9 Å². The number of likely N-dealkylation sites (tertiary alicyclic amines) is 1. The van der Waals surface area contributed by atoms with Gasteiger partial charge in [-0.2, -0.15) is 0 Å². The Morgan fingerprint density at radius 1 is 1.21 bits per heavy atom. The monoisotopic (exact) mass is 440 g/mol. The van der Waals surface area contributed by atoms with Crippen molar-refractivity contribution in [1.29, 1.82) is 0 Å². The van der Waals surface area contributed by atoms with E-state index in [1.807, 2.05) is 0 Å². The molecule has 0 aromatic carbocycles. The molecule has 1 saturated heterocycles. The molecule has 7 nitrogen and oxygen atoms in total. The second-order valence-electron chi connectivity index (χ2n) is 8.64. The van der Waals surface area contributed by atoms with Gasteiger partial charge in [-0.05, 0) is 50.9 Å². The number of sulfonamides is 1. The summed E-state index contributed by atoms with van der Waals surface area (Å²) in [6, 6.07) is -1.51. The maximum Gasteiger partial charge on any atom is 0.410 e. The summed E-state index contributed by atoms with van der Waals surface area (Å²) in [4.78, 5) is 13.7. The van der Waals surface area contributed by atoms with Gasteiger partial charge >= 0.3 is 6.09 Å². The lowest BCUT2D eigenvalue weighted by Crippen LogP contribution is -2.50. The Morgan fingerprint density at radius 2 is 1.83 bits per heavy atom. The maximum absolute atomic E-state index is 12.4. The van der Waals surface area contributed by atoms with Crippen molar-refractivity contribution in [2.45, 2.75) is 83.5 Å². The van der Waals surface area contributed by atoms with E-state index in [0.29, 0.717) is 18.3 Å².